The second-order valence-electron chi connectivity index (χ2n) is 5.26. The summed E-state index contributed by atoms with van der Waals surface area (Å²) in [6.45, 7) is 0.763. The number of benzene rings is 1. The van der Waals surface area contributed by atoms with E-state index >= 15 is 0 Å². The molecule has 2 aromatic rings. The number of imidazole rings is 1. The minimum absolute atomic E-state index is 0.296. The number of fused-ring (bicyclic) bond motifs is 1. The number of ether oxygens (including phenoxy) is 1. The van der Waals surface area contributed by atoms with Gasteiger partial charge >= 0.3 is 0 Å². The maximum atomic E-state index is 5.70. The molecule has 0 amide bonds. The van der Waals surface area contributed by atoms with Crippen molar-refractivity contribution in [3.8, 4) is 5.75 Å². The maximum Gasteiger partial charge on any atom is 0.203 e. The molecule has 1 aromatic carbocycles. The predicted octanol–water partition coefficient (Wildman–Crippen LogP) is 3.15. The summed E-state index contributed by atoms with van der Waals surface area (Å²) in [6, 6.07) is 9.21. The normalized spacial score (nSPS) is 21.6. The first kappa shape index (κ1) is 10.9. The number of hydrogen-bond acceptors (Lipinski definition) is 3. The Bertz CT molecular complexity index is 589. The smallest absolute Gasteiger partial charge is 0.203 e. The fourth-order valence-electron chi connectivity index (χ4n) is 2.72. The number of nitrogens with zero attached hydrogens (tertiary/aromatic N) is 2. The van der Waals surface area contributed by atoms with E-state index in [0.29, 0.717) is 12.1 Å². The van der Waals surface area contributed by atoms with Crippen molar-refractivity contribution in [2.45, 2.75) is 31.3 Å². The third-order valence-corrected chi connectivity index (χ3v) is 3.87. The van der Waals surface area contributed by atoms with Crippen LogP contribution in [0, 0.1) is 0 Å². The molecule has 0 spiro atoms. The summed E-state index contributed by atoms with van der Waals surface area (Å²) in [5.74, 6) is 1.99. The summed E-state index contributed by atoms with van der Waals surface area (Å²) in [4.78, 5) is 4.46. The van der Waals surface area contributed by atoms with Crippen LogP contribution in [0.1, 0.15) is 36.9 Å². The molecule has 1 N–H and O–H groups in total. The summed E-state index contributed by atoms with van der Waals surface area (Å²) >= 11 is 0. The van der Waals surface area contributed by atoms with E-state index in [0.717, 1.165) is 24.7 Å². The van der Waals surface area contributed by atoms with E-state index in [-0.39, 0.29) is 0 Å². The van der Waals surface area contributed by atoms with Crippen LogP contribution in [0.4, 0.5) is 5.95 Å². The first-order valence-corrected chi connectivity index (χ1v) is 6.93. The Morgan fingerprint density at radius 3 is 3.00 bits per heavy atom. The van der Waals surface area contributed by atoms with Gasteiger partial charge in [-0.1, -0.05) is 18.2 Å². The van der Waals surface area contributed by atoms with Gasteiger partial charge in [-0.25, -0.2) is 4.98 Å². The third kappa shape index (κ3) is 1.97. The van der Waals surface area contributed by atoms with Crippen molar-refractivity contribution in [2.24, 2.45) is 0 Å². The number of nitrogens with one attached hydrogen (secondary N) is 1. The Morgan fingerprint density at radius 1 is 1.21 bits per heavy atom. The molecule has 1 aromatic heterocycles. The van der Waals surface area contributed by atoms with Gasteiger partial charge < -0.3 is 14.6 Å². The lowest BCUT2D eigenvalue weighted by molar-refractivity contribution is 0.274. The van der Waals surface area contributed by atoms with Crippen molar-refractivity contribution in [3.05, 3.63) is 42.2 Å². The Morgan fingerprint density at radius 2 is 2.11 bits per heavy atom. The zero-order valence-electron chi connectivity index (χ0n) is 10.7. The van der Waals surface area contributed by atoms with Gasteiger partial charge in [0.25, 0.3) is 0 Å². The molecule has 98 valence electrons. The van der Waals surface area contributed by atoms with Crippen LogP contribution in [0.15, 0.2) is 36.7 Å². The lowest BCUT2D eigenvalue weighted by atomic mass is 10.0. The molecule has 4 heteroatoms. The van der Waals surface area contributed by atoms with Gasteiger partial charge in [0.15, 0.2) is 0 Å². The fraction of sp³-hybridized carbons (Fsp3) is 0.400. The average molecular weight is 255 g/mol. The third-order valence-electron chi connectivity index (χ3n) is 3.87. The van der Waals surface area contributed by atoms with E-state index < -0.39 is 0 Å². The zero-order chi connectivity index (χ0) is 12.7. The SMILES string of the molecule is c1ccc2c(c1)OCCC2Nc1nccn1C1CC1. The van der Waals surface area contributed by atoms with Crippen LogP contribution in [0.5, 0.6) is 5.75 Å². The van der Waals surface area contributed by atoms with E-state index in [1.807, 2.05) is 18.3 Å². The van der Waals surface area contributed by atoms with Crippen molar-refractivity contribution < 1.29 is 4.74 Å². The summed E-state index contributed by atoms with van der Waals surface area (Å²) in [7, 11) is 0. The van der Waals surface area contributed by atoms with Gasteiger partial charge in [0, 0.05) is 30.4 Å². The molecule has 1 aliphatic carbocycles. The van der Waals surface area contributed by atoms with E-state index in [4.69, 9.17) is 4.74 Å². The first-order chi connectivity index (χ1) is 9.42. The predicted molar refractivity (Wildman–Crippen MR) is 73.4 cm³/mol. The Hall–Kier alpha value is -1.97. The van der Waals surface area contributed by atoms with Crippen molar-refractivity contribution in [1.29, 1.82) is 0 Å². The lowest BCUT2D eigenvalue weighted by Gasteiger charge is -2.27. The Balaban J connectivity index is 1.62. The van der Waals surface area contributed by atoms with Crippen molar-refractivity contribution in [3.63, 3.8) is 0 Å². The van der Waals surface area contributed by atoms with Gasteiger partial charge in [0.1, 0.15) is 5.75 Å². The molecular formula is C15H17N3O. The molecule has 4 nitrogen and oxygen atoms in total. The van der Waals surface area contributed by atoms with Gasteiger partial charge in [-0.2, -0.15) is 0 Å². The number of anilines is 1. The molecule has 1 unspecified atom stereocenters. The Kier molecular flexibility index (Phi) is 2.47. The highest BCUT2D eigenvalue weighted by Crippen LogP contribution is 2.39. The van der Waals surface area contributed by atoms with Crippen molar-refractivity contribution in [1.82, 2.24) is 9.55 Å². The van der Waals surface area contributed by atoms with Crippen molar-refractivity contribution in [2.75, 3.05) is 11.9 Å². The van der Waals surface area contributed by atoms with Gasteiger partial charge in [-0.15, -0.1) is 0 Å². The first-order valence-electron chi connectivity index (χ1n) is 6.93. The molecule has 0 bridgehead atoms. The molecule has 1 fully saturated rings. The zero-order valence-corrected chi connectivity index (χ0v) is 10.7. The maximum absolute atomic E-state index is 5.70. The minimum Gasteiger partial charge on any atom is -0.493 e. The number of rotatable bonds is 3. The highest BCUT2D eigenvalue weighted by Gasteiger charge is 2.27. The molecule has 1 aliphatic heterocycles. The second-order valence-corrected chi connectivity index (χ2v) is 5.26. The van der Waals surface area contributed by atoms with Crippen LogP contribution in [0.25, 0.3) is 0 Å². The summed E-state index contributed by atoms with van der Waals surface area (Å²) < 4.78 is 7.96. The van der Waals surface area contributed by atoms with Crippen molar-refractivity contribution >= 4 is 5.95 Å². The van der Waals surface area contributed by atoms with Crippen LogP contribution in [-0.2, 0) is 0 Å². The van der Waals surface area contributed by atoms with Crippen LogP contribution >= 0.6 is 0 Å². The van der Waals surface area contributed by atoms with Crippen LogP contribution in [0.3, 0.4) is 0 Å². The molecule has 2 aliphatic rings. The number of para-hydroxylation sites is 1. The molecule has 1 atom stereocenters. The van der Waals surface area contributed by atoms with Gasteiger partial charge in [0.05, 0.1) is 12.6 Å². The summed E-state index contributed by atoms with van der Waals surface area (Å²) in [5, 5.41) is 3.58. The quantitative estimate of drug-likeness (QED) is 0.915. The van der Waals surface area contributed by atoms with Crippen LogP contribution in [-0.4, -0.2) is 16.2 Å². The second kappa shape index (κ2) is 4.30. The fourth-order valence-corrected chi connectivity index (χ4v) is 2.72. The molecule has 4 rings (SSSR count). The largest absolute Gasteiger partial charge is 0.493 e. The average Bonchev–Trinajstić information content (AvgIpc) is 3.20. The van der Waals surface area contributed by atoms with Gasteiger partial charge in [-0.3, -0.25) is 0 Å². The van der Waals surface area contributed by atoms with E-state index in [1.165, 1.54) is 18.4 Å². The molecule has 1 saturated carbocycles. The van der Waals surface area contributed by atoms with Gasteiger partial charge in [-0.05, 0) is 18.9 Å². The van der Waals surface area contributed by atoms with Crippen LogP contribution in [0.2, 0.25) is 0 Å². The molecule has 0 saturated heterocycles. The van der Waals surface area contributed by atoms with E-state index in [2.05, 4.69) is 33.2 Å². The molecule has 0 radical (unpaired) electrons. The summed E-state index contributed by atoms with van der Waals surface area (Å²) in [5.41, 5.74) is 1.24. The summed E-state index contributed by atoms with van der Waals surface area (Å²) in [6.07, 6.45) is 7.48. The van der Waals surface area contributed by atoms with E-state index in [1.54, 1.807) is 0 Å². The Labute approximate surface area is 112 Å². The molecule has 2 heterocycles. The highest BCUT2D eigenvalue weighted by atomic mass is 16.5. The van der Waals surface area contributed by atoms with Crippen LogP contribution < -0.4 is 10.1 Å². The molecular weight excluding hydrogens is 238 g/mol. The van der Waals surface area contributed by atoms with E-state index in [9.17, 15) is 0 Å². The highest BCUT2D eigenvalue weighted by molar-refractivity contribution is 5.42. The number of aromatic nitrogens is 2. The lowest BCUT2D eigenvalue weighted by Crippen LogP contribution is -2.21. The topological polar surface area (TPSA) is 39.1 Å². The van der Waals surface area contributed by atoms with Gasteiger partial charge in [0.2, 0.25) is 5.95 Å². The monoisotopic (exact) mass is 255 g/mol. The minimum atomic E-state index is 0.296. The standard InChI is InChI=1S/C15H17N3O/c1-2-4-14-12(3-1)13(7-10-19-14)17-15-16-8-9-18(15)11-5-6-11/h1-4,8-9,11,13H,5-7,10H2,(H,16,17). The number of hydrogen-bond donors (Lipinski definition) is 1. The molecule has 19 heavy (non-hydrogen) atoms.